The van der Waals surface area contributed by atoms with Crippen LogP contribution in [0.1, 0.15) is 49.0 Å². The van der Waals surface area contributed by atoms with Crippen molar-refractivity contribution in [3.63, 3.8) is 0 Å². The fourth-order valence-corrected chi connectivity index (χ4v) is 3.29. The van der Waals surface area contributed by atoms with Gasteiger partial charge in [0.1, 0.15) is 5.82 Å². The van der Waals surface area contributed by atoms with Crippen LogP contribution in [0.5, 0.6) is 0 Å². The Bertz CT molecular complexity index is 750. The van der Waals surface area contributed by atoms with E-state index in [1.807, 2.05) is 24.3 Å². The minimum Gasteiger partial charge on any atom is -0.390 e. The number of hydrogen-bond acceptors (Lipinski definition) is 5. The lowest BCUT2D eigenvalue weighted by Crippen LogP contribution is -2.45. The zero-order valence-corrected chi connectivity index (χ0v) is 16.1. The monoisotopic (exact) mass is 368 g/mol. The first-order valence-corrected chi connectivity index (χ1v) is 9.54. The predicted octanol–water partition coefficient (Wildman–Crippen LogP) is 2.58. The maximum absolute atomic E-state index is 12.6. The lowest BCUT2D eigenvalue weighted by molar-refractivity contribution is 0.0714. The number of nitrogens with one attached hydrogen (secondary N) is 1. The van der Waals surface area contributed by atoms with Gasteiger partial charge >= 0.3 is 0 Å². The number of amides is 1. The first-order valence-electron chi connectivity index (χ1n) is 9.54. The highest BCUT2D eigenvalue weighted by Crippen LogP contribution is 2.18. The standard InChI is InChI=1S/C21H28N4O2/c1-21(2,27)9-6-16-4-3-5-17(14-16)20(26)24-18-7-12-25(13-8-18)19-15-22-10-11-23-19/h3-5,10-11,14-15,18,27H,6-9,12-13H2,1-2H3,(H,24,26). The Balaban J connectivity index is 1.52. The van der Waals surface area contributed by atoms with Crippen molar-refractivity contribution in [2.24, 2.45) is 0 Å². The third-order valence-corrected chi connectivity index (χ3v) is 4.92. The van der Waals surface area contributed by atoms with Crippen molar-refractivity contribution in [1.29, 1.82) is 0 Å². The molecular formula is C21H28N4O2. The Hall–Kier alpha value is -2.47. The van der Waals surface area contributed by atoms with Gasteiger partial charge in [0, 0.05) is 37.1 Å². The topological polar surface area (TPSA) is 78.4 Å². The quantitative estimate of drug-likeness (QED) is 0.819. The smallest absolute Gasteiger partial charge is 0.251 e. The molecule has 2 heterocycles. The summed E-state index contributed by atoms with van der Waals surface area (Å²) >= 11 is 0. The van der Waals surface area contributed by atoms with Crippen LogP contribution in [0.3, 0.4) is 0 Å². The second-order valence-corrected chi connectivity index (χ2v) is 7.81. The van der Waals surface area contributed by atoms with Crippen LogP contribution in [-0.2, 0) is 6.42 Å². The lowest BCUT2D eigenvalue weighted by atomic mass is 9.97. The molecule has 3 rings (SSSR count). The number of anilines is 1. The highest BCUT2D eigenvalue weighted by molar-refractivity contribution is 5.94. The van der Waals surface area contributed by atoms with Crippen LogP contribution < -0.4 is 10.2 Å². The number of nitrogens with zero attached hydrogens (tertiary/aromatic N) is 3. The van der Waals surface area contributed by atoms with Crippen LogP contribution in [0.25, 0.3) is 0 Å². The van der Waals surface area contributed by atoms with Crippen LogP contribution >= 0.6 is 0 Å². The Morgan fingerprint density at radius 2 is 2.07 bits per heavy atom. The molecule has 1 fully saturated rings. The van der Waals surface area contributed by atoms with Gasteiger partial charge in [0.2, 0.25) is 0 Å². The van der Waals surface area contributed by atoms with Gasteiger partial charge in [-0.3, -0.25) is 9.78 Å². The number of aliphatic hydroxyl groups is 1. The van der Waals surface area contributed by atoms with Gasteiger partial charge in [-0.05, 0) is 57.2 Å². The van der Waals surface area contributed by atoms with Crippen molar-refractivity contribution in [1.82, 2.24) is 15.3 Å². The van der Waals surface area contributed by atoms with E-state index in [1.54, 1.807) is 32.4 Å². The van der Waals surface area contributed by atoms with Crippen molar-refractivity contribution >= 4 is 11.7 Å². The normalized spacial score (nSPS) is 15.6. The summed E-state index contributed by atoms with van der Waals surface area (Å²) < 4.78 is 0. The Morgan fingerprint density at radius 3 is 2.74 bits per heavy atom. The average Bonchev–Trinajstić information content (AvgIpc) is 2.67. The van der Waals surface area contributed by atoms with E-state index in [0.717, 1.165) is 43.7 Å². The van der Waals surface area contributed by atoms with Gasteiger partial charge in [0.15, 0.2) is 0 Å². The molecule has 0 bridgehead atoms. The zero-order chi connectivity index (χ0) is 19.3. The number of rotatable bonds is 6. The van der Waals surface area contributed by atoms with Crippen molar-refractivity contribution in [3.8, 4) is 0 Å². The predicted molar refractivity (Wildman–Crippen MR) is 106 cm³/mol. The average molecular weight is 368 g/mol. The van der Waals surface area contributed by atoms with Gasteiger partial charge in [0.05, 0.1) is 11.8 Å². The fourth-order valence-electron chi connectivity index (χ4n) is 3.29. The number of aryl methyl sites for hydroxylation is 1. The molecule has 27 heavy (non-hydrogen) atoms. The SMILES string of the molecule is CC(C)(O)CCc1cccc(C(=O)NC2CCN(c3cnccn3)CC2)c1. The molecule has 6 nitrogen and oxygen atoms in total. The van der Waals surface area contributed by atoms with E-state index in [-0.39, 0.29) is 11.9 Å². The molecule has 1 saturated heterocycles. The molecule has 144 valence electrons. The first-order chi connectivity index (χ1) is 12.9. The van der Waals surface area contributed by atoms with Crippen LogP contribution in [0, 0.1) is 0 Å². The molecule has 0 aliphatic carbocycles. The van der Waals surface area contributed by atoms with Gasteiger partial charge in [-0.15, -0.1) is 0 Å². The lowest BCUT2D eigenvalue weighted by Gasteiger charge is -2.32. The maximum Gasteiger partial charge on any atom is 0.251 e. The second-order valence-electron chi connectivity index (χ2n) is 7.81. The highest BCUT2D eigenvalue weighted by Gasteiger charge is 2.22. The number of aromatic nitrogens is 2. The van der Waals surface area contributed by atoms with Crippen molar-refractivity contribution < 1.29 is 9.90 Å². The van der Waals surface area contributed by atoms with Gasteiger partial charge in [-0.2, -0.15) is 0 Å². The van der Waals surface area contributed by atoms with E-state index in [1.165, 1.54) is 0 Å². The second kappa shape index (κ2) is 8.48. The van der Waals surface area contributed by atoms with Gasteiger partial charge in [0.25, 0.3) is 5.91 Å². The summed E-state index contributed by atoms with van der Waals surface area (Å²) in [5.41, 5.74) is 1.05. The van der Waals surface area contributed by atoms with Gasteiger partial charge < -0.3 is 15.3 Å². The highest BCUT2D eigenvalue weighted by atomic mass is 16.3. The Morgan fingerprint density at radius 1 is 1.30 bits per heavy atom. The molecule has 2 aromatic rings. The molecule has 1 aliphatic rings. The van der Waals surface area contributed by atoms with E-state index >= 15 is 0 Å². The fraction of sp³-hybridized carbons (Fsp3) is 0.476. The molecule has 0 radical (unpaired) electrons. The number of benzene rings is 1. The van der Waals surface area contributed by atoms with E-state index in [9.17, 15) is 9.90 Å². The minimum atomic E-state index is -0.699. The zero-order valence-electron chi connectivity index (χ0n) is 16.1. The summed E-state index contributed by atoms with van der Waals surface area (Å²) in [5, 5.41) is 13.0. The van der Waals surface area contributed by atoms with E-state index in [2.05, 4.69) is 20.2 Å². The summed E-state index contributed by atoms with van der Waals surface area (Å²) in [6.45, 7) is 5.32. The molecule has 0 atom stereocenters. The number of hydrogen-bond donors (Lipinski definition) is 2. The first kappa shape index (κ1) is 19.3. The Kier molecular flexibility index (Phi) is 6.06. The minimum absolute atomic E-state index is 0.0296. The van der Waals surface area contributed by atoms with Gasteiger partial charge in [-0.25, -0.2) is 4.98 Å². The summed E-state index contributed by atoms with van der Waals surface area (Å²) in [7, 11) is 0. The van der Waals surface area contributed by atoms with Gasteiger partial charge in [-0.1, -0.05) is 12.1 Å². The van der Waals surface area contributed by atoms with Crippen LogP contribution in [0.4, 0.5) is 5.82 Å². The molecule has 6 heteroatoms. The van der Waals surface area contributed by atoms with Crippen molar-refractivity contribution in [3.05, 3.63) is 54.0 Å². The molecule has 0 spiro atoms. The molecule has 1 aromatic carbocycles. The number of carbonyl (C=O) groups is 1. The van der Waals surface area contributed by atoms with Crippen LogP contribution in [0.2, 0.25) is 0 Å². The molecule has 0 unspecified atom stereocenters. The summed E-state index contributed by atoms with van der Waals surface area (Å²) in [6.07, 6.45) is 8.35. The van der Waals surface area contributed by atoms with Crippen molar-refractivity contribution in [2.45, 2.75) is 51.2 Å². The van der Waals surface area contributed by atoms with Crippen LogP contribution in [-0.4, -0.2) is 45.7 Å². The maximum atomic E-state index is 12.6. The number of carbonyl (C=O) groups excluding carboxylic acids is 1. The summed E-state index contributed by atoms with van der Waals surface area (Å²) in [6, 6.07) is 7.85. The largest absolute Gasteiger partial charge is 0.390 e. The molecule has 2 N–H and O–H groups in total. The van der Waals surface area contributed by atoms with E-state index in [0.29, 0.717) is 12.0 Å². The molecular weight excluding hydrogens is 340 g/mol. The Labute approximate surface area is 160 Å². The number of piperidine rings is 1. The van der Waals surface area contributed by atoms with E-state index in [4.69, 9.17) is 0 Å². The van der Waals surface area contributed by atoms with Crippen molar-refractivity contribution in [2.75, 3.05) is 18.0 Å². The van der Waals surface area contributed by atoms with E-state index < -0.39 is 5.60 Å². The summed E-state index contributed by atoms with van der Waals surface area (Å²) in [4.78, 5) is 23.3. The third kappa shape index (κ3) is 5.76. The molecule has 1 aromatic heterocycles. The molecule has 1 amide bonds. The molecule has 1 aliphatic heterocycles. The molecule has 0 saturated carbocycles. The van der Waals surface area contributed by atoms with Crippen LogP contribution in [0.15, 0.2) is 42.9 Å². The summed E-state index contributed by atoms with van der Waals surface area (Å²) in [5.74, 6) is 0.861. The third-order valence-electron chi connectivity index (χ3n) is 4.92.